The Morgan fingerprint density at radius 3 is 2.10 bits per heavy atom. The second kappa shape index (κ2) is 6.21. The minimum atomic E-state index is -0.347. The fraction of sp³-hybridized carbons (Fsp3) is 0.115. The summed E-state index contributed by atoms with van der Waals surface area (Å²) in [5.74, 6) is 1.11. The van der Waals surface area contributed by atoms with E-state index in [9.17, 15) is 0 Å². The minimum Gasteiger partial charge on any atom is -0.472 e. The van der Waals surface area contributed by atoms with Gasteiger partial charge < -0.3 is 9.32 Å². The van der Waals surface area contributed by atoms with Crippen molar-refractivity contribution in [1.29, 1.82) is 0 Å². The fourth-order valence-corrected chi connectivity index (χ4v) is 5.01. The Bertz CT molecular complexity index is 1140. The van der Waals surface area contributed by atoms with Crippen molar-refractivity contribution in [3.63, 3.8) is 0 Å². The molecule has 0 saturated carbocycles. The molecule has 0 amide bonds. The predicted molar refractivity (Wildman–Crippen MR) is 114 cm³/mol. The van der Waals surface area contributed by atoms with Gasteiger partial charge in [-0.3, -0.25) is 0 Å². The van der Waals surface area contributed by atoms with Crippen LogP contribution >= 0.6 is 0 Å². The number of nitrogens with zero attached hydrogens (tertiary/aromatic N) is 2. The molecule has 0 bridgehead atoms. The Kier molecular flexibility index (Phi) is 3.51. The third-order valence-electron chi connectivity index (χ3n) is 6.22. The molecule has 3 heterocycles. The van der Waals surface area contributed by atoms with Crippen LogP contribution in [-0.4, -0.2) is 10.7 Å². The van der Waals surface area contributed by atoms with Crippen LogP contribution < -0.4 is 0 Å². The fourth-order valence-electron chi connectivity index (χ4n) is 5.01. The van der Waals surface area contributed by atoms with Crippen LogP contribution in [0.4, 0.5) is 5.69 Å². The highest BCUT2D eigenvalue weighted by atomic mass is 16.3. The molecule has 2 aliphatic heterocycles. The highest BCUT2D eigenvalue weighted by Crippen LogP contribution is 2.58. The van der Waals surface area contributed by atoms with Gasteiger partial charge in [0.15, 0.2) is 0 Å². The van der Waals surface area contributed by atoms with Crippen molar-refractivity contribution in [2.45, 2.75) is 18.0 Å². The van der Waals surface area contributed by atoms with Crippen LogP contribution in [0.1, 0.15) is 28.3 Å². The third kappa shape index (κ3) is 2.21. The highest BCUT2D eigenvalue weighted by Gasteiger charge is 2.62. The summed E-state index contributed by atoms with van der Waals surface area (Å²) in [4.78, 5) is 7.62. The molecule has 1 fully saturated rings. The molecule has 1 saturated heterocycles. The first-order valence-electron chi connectivity index (χ1n) is 9.96. The first kappa shape index (κ1) is 16.4. The largest absolute Gasteiger partial charge is 0.472 e. The second-order valence-electron chi connectivity index (χ2n) is 7.69. The molecule has 0 aliphatic carbocycles. The molecule has 6 rings (SSSR count). The third-order valence-corrected chi connectivity index (χ3v) is 6.22. The maximum Gasteiger partial charge on any atom is 0.123 e. The number of fused-ring (bicyclic) bond motifs is 2. The zero-order valence-corrected chi connectivity index (χ0v) is 15.9. The zero-order valence-electron chi connectivity index (χ0n) is 15.9. The average Bonchev–Trinajstić information content (AvgIpc) is 3.30. The Hall–Kier alpha value is -3.59. The van der Waals surface area contributed by atoms with Gasteiger partial charge in [-0.2, -0.15) is 0 Å². The molecule has 2 aliphatic rings. The summed E-state index contributed by atoms with van der Waals surface area (Å²) < 4.78 is 5.52. The summed E-state index contributed by atoms with van der Waals surface area (Å²) in [6.07, 6.45) is 3.64. The molecule has 29 heavy (non-hydrogen) atoms. The summed E-state index contributed by atoms with van der Waals surface area (Å²) >= 11 is 0. The normalized spacial score (nSPS) is 19.0. The molecule has 3 nitrogen and oxygen atoms in total. The number of furan rings is 1. The maximum atomic E-state index is 5.52. The average molecular weight is 376 g/mol. The first-order chi connectivity index (χ1) is 14.4. The predicted octanol–water partition coefficient (Wildman–Crippen LogP) is 5.87. The van der Waals surface area contributed by atoms with Crippen molar-refractivity contribution >= 4 is 11.5 Å². The molecule has 0 radical (unpaired) electrons. The number of para-hydroxylation sites is 1. The van der Waals surface area contributed by atoms with E-state index in [-0.39, 0.29) is 11.5 Å². The van der Waals surface area contributed by atoms with Gasteiger partial charge in [-0.05, 0) is 28.8 Å². The van der Waals surface area contributed by atoms with Crippen LogP contribution in [0.3, 0.4) is 0 Å². The van der Waals surface area contributed by atoms with E-state index in [0.717, 1.165) is 18.1 Å². The Balaban J connectivity index is 1.67. The molecule has 3 heteroatoms. The number of benzene rings is 3. The van der Waals surface area contributed by atoms with Gasteiger partial charge in [0, 0.05) is 12.1 Å². The van der Waals surface area contributed by atoms with E-state index in [1.807, 2.05) is 6.26 Å². The summed E-state index contributed by atoms with van der Waals surface area (Å²) in [5.41, 5.74) is 5.68. The van der Waals surface area contributed by atoms with E-state index in [2.05, 4.69) is 95.9 Å². The zero-order chi connectivity index (χ0) is 19.3. The minimum absolute atomic E-state index is 0.123. The van der Waals surface area contributed by atoms with E-state index >= 15 is 0 Å². The molecule has 1 unspecified atom stereocenters. The van der Waals surface area contributed by atoms with E-state index in [1.54, 1.807) is 6.26 Å². The van der Waals surface area contributed by atoms with E-state index in [0.29, 0.717) is 0 Å². The topological polar surface area (TPSA) is 28.7 Å². The van der Waals surface area contributed by atoms with Gasteiger partial charge in [0.25, 0.3) is 0 Å². The monoisotopic (exact) mass is 376 g/mol. The summed E-state index contributed by atoms with van der Waals surface area (Å²) in [5, 5.41) is 0. The quantitative estimate of drug-likeness (QED) is 0.448. The lowest BCUT2D eigenvalue weighted by atomic mass is 9.59. The van der Waals surface area contributed by atoms with Crippen molar-refractivity contribution < 1.29 is 4.42 Å². The highest BCUT2D eigenvalue weighted by molar-refractivity contribution is 6.06. The van der Waals surface area contributed by atoms with Gasteiger partial charge in [0.1, 0.15) is 11.3 Å². The van der Waals surface area contributed by atoms with Crippen LogP contribution in [0.25, 0.3) is 0 Å². The van der Waals surface area contributed by atoms with E-state index in [4.69, 9.17) is 9.41 Å². The summed E-state index contributed by atoms with van der Waals surface area (Å²) in [7, 11) is 0. The van der Waals surface area contributed by atoms with Crippen LogP contribution in [0.2, 0.25) is 0 Å². The molecular weight excluding hydrogens is 356 g/mol. The lowest BCUT2D eigenvalue weighted by molar-refractivity contribution is 0.157. The smallest absolute Gasteiger partial charge is 0.123 e. The van der Waals surface area contributed by atoms with Gasteiger partial charge in [0.05, 0.1) is 24.3 Å². The van der Waals surface area contributed by atoms with Crippen molar-refractivity contribution in [2.75, 3.05) is 0 Å². The second-order valence-corrected chi connectivity index (χ2v) is 7.69. The molecule has 4 aromatic rings. The van der Waals surface area contributed by atoms with Crippen molar-refractivity contribution in [3.05, 3.63) is 126 Å². The van der Waals surface area contributed by atoms with Gasteiger partial charge in [-0.1, -0.05) is 78.9 Å². The Morgan fingerprint density at radius 1 is 0.793 bits per heavy atom. The standard InChI is InChI=1S/C26H20N2O/c1-3-10-21(11-4-1)26(22-12-5-2-6-13-22)24(20-15-16-29-18-20)28-17-19-9-7-8-14-23(19)27-25(26)28/h1-16,18,24H,17H2. The molecule has 140 valence electrons. The van der Waals surface area contributed by atoms with Gasteiger partial charge in [-0.15, -0.1) is 0 Å². The van der Waals surface area contributed by atoms with Crippen molar-refractivity contribution in [1.82, 2.24) is 4.90 Å². The van der Waals surface area contributed by atoms with Gasteiger partial charge in [-0.25, -0.2) is 4.99 Å². The number of aliphatic imine (C=N–C) groups is 1. The van der Waals surface area contributed by atoms with Crippen molar-refractivity contribution in [2.24, 2.45) is 4.99 Å². The van der Waals surface area contributed by atoms with Crippen molar-refractivity contribution in [3.8, 4) is 0 Å². The van der Waals surface area contributed by atoms with E-state index in [1.165, 1.54) is 22.3 Å². The summed E-state index contributed by atoms with van der Waals surface area (Å²) in [6, 6.07) is 32.2. The summed E-state index contributed by atoms with van der Waals surface area (Å²) in [6.45, 7) is 0.853. The van der Waals surface area contributed by atoms with Gasteiger partial charge >= 0.3 is 0 Å². The SMILES string of the molecule is c1ccc(C2(c3ccccc3)C3=Nc4ccccc4CN3C2c2ccoc2)cc1. The van der Waals surface area contributed by atoms with E-state index < -0.39 is 0 Å². The lowest BCUT2D eigenvalue weighted by Gasteiger charge is -2.60. The van der Waals surface area contributed by atoms with Crippen LogP contribution in [0.15, 0.2) is 113 Å². The molecule has 0 N–H and O–H groups in total. The lowest BCUT2D eigenvalue weighted by Crippen LogP contribution is -2.66. The number of hydrogen-bond donors (Lipinski definition) is 0. The Morgan fingerprint density at radius 2 is 1.45 bits per heavy atom. The van der Waals surface area contributed by atoms with Gasteiger partial charge in [0.2, 0.25) is 0 Å². The van der Waals surface area contributed by atoms with Crippen LogP contribution in [0.5, 0.6) is 0 Å². The Labute approximate surface area is 170 Å². The number of rotatable bonds is 3. The van der Waals surface area contributed by atoms with Crippen LogP contribution in [-0.2, 0) is 12.0 Å². The van der Waals surface area contributed by atoms with Crippen LogP contribution in [0, 0.1) is 0 Å². The molecule has 0 spiro atoms. The number of hydrogen-bond acceptors (Lipinski definition) is 3. The first-order valence-corrected chi connectivity index (χ1v) is 9.96. The molecule has 1 aromatic heterocycles. The molecule has 1 atom stereocenters. The molecule has 3 aromatic carbocycles. The maximum absolute atomic E-state index is 5.52. The number of amidine groups is 1. The molecular formula is C26H20N2O.